The molecule has 2 aromatic rings. The Morgan fingerprint density at radius 2 is 1.81 bits per heavy atom. The first-order valence-electron chi connectivity index (χ1n) is 8.61. The van der Waals surface area contributed by atoms with Gasteiger partial charge in [0.15, 0.2) is 0 Å². The predicted molar refractivity (Wildman–Crippen MR) is 112 cm³/mol. The van der Waals surface area contributed by atoms with Gasteiger partial charge in [0.2, 0.25) is 11.8 Å². The van der Waals surface area contributed by atoms with E-state index in [1.807, 2.05) is 43.3 Å². The number of halogens is 2. The quantitative estimate of drug-likeness (QED) is 0.627. The monoisotopic (exact) mass is 424 g/mol. The second-order valence-electron chi connectivity index (χ2n) is 5.94. The Hall–Kier alpha value is -1.69. The molecule has 0 heterocycles. The molecule has 0 spiro atoms. The van der Waals surface area contributed by atoms with E-state index in [1.165, 1.54) is 11.8 Å². The van der Waals surface area contributed by atoms with Gasteiger partial charge in [-0.15, -0.1) is 11.8 Å². The lowest BCUT2D eigenvalue weighted by Crippen LogP contribution is -2.48. The molecular formula is C20H22Cl2N2O2S. The Morgan fingerprint density at radius 1 is 1.11 bits per heavy atom. The van der Waals surface area contributed by atoms with Crippen LogP contribution in [0.15, 0.2) is 53.4 Å². The number of amides is 2. The van der Waals surface area contributed by atoms with E-state index >= 15 is 0 Å². The van der Waals surface area contributed by atoms with Crippen LogP contribution in [0.1, 0.15) is 19.4 Å². The van der Waals surface area contributed by atoms with E-state index in [-0.39, 0.29) is 24.1 Å². The van der Waals surface area contributed by atoms with Crippen LogP contribution in [0.3, 0.4) is 0 Å². The molecular weight excluding hydrogens is 403 g/mol. The summed E-state index contributed by atoms with van der Waals surface area (Å²) in [7, 11) is 0. The zero-order valence-corrected chi connectivity index (χ0v) is 17.6. The number of benzene rings is 2. The Balaban J connectivity index is 2.15. The third-order valence-corrected chi connectivity index (χ3v) is 5.70. The van der Waals surface area contributed by atoms with E-state index in [1.54, 1.807) is 24.0 Å². The predicted octanol–water partition coefficient (Wildman–Crippen LogP) is 4.64. The van der Waals surface area contributed by atoms with Crippen LogP contribution in [-0.4, -0.2) is 35.1 Å². The van der Waals surface area contributed by atoms with Crippen LogP contribution in [0, 0.1) is 0 Å². The number of hydrogen-bond acceptors (Lipinski definition) is 3. The lowest BCUT2D eigenvalue weighted by molar-refractivity contribution is -0.138. The lowest BCUT2D eigenvalue weighted by atomic mass is 10.1. The van der Waals surface area contributed by atoms with Gasteiger partial charge in [0.25, 0.3) is 0 Å². The molecule has 0 aliphatic rings. The highest BCUT2D eigenvalue weighted by molar-refractivity contribution is 8.00. The van der Waals surface area contributed by atoms with E-state index in [0.717, 1.165) is 10.5 Å². The molecule has 0 radical (unpaired) electrons. The second kappa shape index (κ2) is 10.6. The van der Waals surface area contributed by atoms with E-state index in [9.17, 15) is 9.59 Å². The van der Waals surface area contributed by atoms with Crippen LogP contribution in [-0.2, 0) is 16.1 Å². The molecule has 1 N–H and O–H groups in total. The Bertz CT molecular complexity index is 787. The molecule has 7 heteroatoms. The summed E-state index contributed by atoms with van der Waals surface area (Å²) in [4.78, 5) is 27.8. The molecule has 0 unspecified atom stereocenters. The highest BCUT2D eigenvalue weighted by Gasteiger charge is 2.26. The van der Waals surface area contributed by atoms with Crippen LogP contribution in [0.4, 0.5) is 0 Å². The van der Waals surface area contributed by atoms with Crippen molar-refractivity contribution in [2.45, 2.75) is 31.3 Å². The maximum absolute atomic E-state index is 12.9. The average Bonchev–Trinajstić information content (AvgIpc) is 2.67. The minimum Gasteiger partial charge on any atom is -0.355 e. The normalized spacial score (nSPS) is 11.7. The molecule has 0 bridgehead atoms. The van der Waals surface area contributed by atoms with Crippen molar-refractivity contribution in [2.24, 2.45) is 0 Å². The maximum atomic E-state index is 12.9. The average molecular weight is 425 g/mol. The zero-order chi connectivity index (χ0) is 19.8. The van der Waals surface area contributed by atoms with E-state index in [2.05, 4.69) is 5.32 Å². The third kappa shape index (κ3) is 6.45. The largest absolute Gasteiger partial charge is 0.355 e. The van der Waals surface area contributed by atoms with Crippen molar-refractivity contribution in [3.05, 3.63) is 64.1 Å². The van der Waals surface area contributed by atoms with Gasteiger partial charge in [0, 0.05) is 18.0 Å². The van der Waals surface area contributed by atoms with Gasteiger partial charge in [-0.05, 0) is 43.7 Å². The SMILES string of the molecule is CCNC(=O)[C@@H](C)N(Cc1ccc(Cl)c(Cl)c1)C(=O)CSc1ccccc1. The molecule has 2 aromatic carbocycles. The van der Waals surface area contributed by atoms with Crippen molar-refractivity contribution in [1.29, 1.82) is 0 Å². The van der Waals surface area contributed by atoms with Crippen molar-refractivity contribution in [1.82, 2.24) is 10.2 Å². The zero-order valence-electron chi connectivity index (χ0n) is 15.2. The highest BCUT2D eigenvalue weighted by Crippen LogP contribution is 2.24. The summed E-state index contributed by atoms with van der Waals surface area (Å²) in [6, 6.07) is 14.3. The van der Waals surface area contributed by atoms with Gasteiger partial charge >= 0.3 is 0 Å². The molecule has 0 fully saturated rings. The van der Waals surface area contributed by atoms with Gasteiger partial charge in [-0.1, -0.05) is 47.5 Å². The van der Waals surface area contributed by atoms with Crippen LogP contribution in [0.5, 0.6) is 0 Å². The Labute approximate surface area is 174 Å². The number of thioether (sulfide) groups is 1. The first-order valence-corrected chi connectivity index (χ1v) is 10.4. The fourth-order valence-corrected chi connectivity index (χ4v) is 3.61. The maximum Gasteiger partial charge on any atom is 0.242 e. The van der Waals surface area contributed by atoms with Crippen LogP contribution >= 0.6 is 35.0 Å². The molecule has 0 aromatic heterocycles. The van der Waals surface area contributed by atoms with Gasteiger partial charge in [0.05, 0.1) is 15.8 Å². The Morgan fingerprint density at radius 3 is 2.44 bits per heavy atom. The van der Waals surface area contributed by atoms with Crippen molar-refractivity contribution in [3.8, 4) is 0 Å². The summed E-state index contributed by atoms with van der Waals surface area (Å²) < 4.78 is 0. The van der Waals surface area contributed by atoms with Crippen molar-refractivity contribution < 1.29 is 9.59 Å². The molecule has 27 heavy (non-hydrogen) atoms. The number of nitrogens with zero attached hydrogens (tertiary/aromatic N) is 1. The van der Waals surface area contributed by atoms with Gasteiger partial charge in [0.1, 0.15) is 6.04 Å². The van der Waals surface area contributed by atoms with Gasteiger partial charge in [-0.2, -0.15) is 0 Å². The molecule has 2 amide bonds. The fourth-order valence-electron chi connectivity index (χ4n) is 2.48. The molecule has 0 saturated heterocycles. The summed E-state index contributed by atoms with van der Waals surface area (Å²) >= 11 is 13.5. The van der Waals surface area contributed by atoms with Gasteiger partial charge < -0.3 is 10.2 Å². The smallest absolute Gasteiger partial charge is 0.242 e. The van der Waals surface area contributed by atoms with Crippen LogP contribution in [0.2, 0.25) is 10.0 Å². The number of carbonyl (C=O) groups is 2. The minimum atomic E-state index is -0.594. The molecule has 0 aliphatic heterocycles. The summed E-state index contributed by atoms with van der Waals surface area (Å²) in [6.07, 6.45) is 0. The standard InChI is InChI=1S/C20H22Cl2N2O2S/c1-3-23-20(26)14(2)24(12-15-9-10-17(21)18(22)11-15)19(25)13-27-16-7-5-4-6-8-16/h4-11,14H,3,12-13H2,1-2H3,(H,23,26)/t14-/m1/s1. The number of likely N-dealkylation sites (N-methyl/N-ethyl adjacent to an activating group) is 1. The molecule has 2 rings (SSSR count). The number of carbonyl (C=O) groups excluding carboxylic acids is 2. The van der Waals surface area contributed by atoms with Crippen LogP contribution < -0.4 is 5.32 Å². The van der Waals surface area contributed by atoms with Gasteiger partial charge in [-0.25, -0.2) is 0 Å². The van der Waals surface area contributed by atoms with E-state index in [0.29, 0.717) is 16.6 Å². The minimum absolute atomic E-state index is 0.117. The topological polar surface area (TPSA) is 49.4 Å². The van der Waals surface area contributed by atoms with Crippen molar-refractivity contribution in [3.63, 3.8) is 0 Å². The third-order valence-electron chi connectivity index (χ3n) is 3.96. The van der Waals surface area contributed by atoms with Crippen LogP contribution in [0.25, 0.3) is 0 Å². The van der Waals surface area contributed by atoms with Gasteiger partial charge in [-0.3, -0.25) is 9.59 Å². The van der Waals surface area contributed by atoms with E-state index in [4.69, 9.17) is 23.2 Å². The highest BCUT2D eigenvalue weighted by atomic mass is 35.5. The molecule has 1 atom stereocenters. The van der Waals surface area contributed by atoms with E-state index < -0.39 is 6.04 Å². The summed E-state index contributed by atoms with van der Waals surface area (Å²) in [5, 5.41) is 3.65. The number of nitrogens with one attached hydrogen (secondary N) is 1. The first-order chi connectivity index (χ1) is 12.9. The fraction of sp³-hybridized carbons (Fsp3) is 0.300. The summed E-state index contributed by atoms with van der Waals surface area (Å²) in [5.74, 6) is -0.0565. The van der Waals surface area contributed by atoms with Crippen molar-refractivity contribution >= 4 is 46.8 Å². The number of hydrogen-bond donors (Lipinski definition) is 1. The molecule has 0 aliphatic carbocycles. The summed E-state index contributed by atoms with van der Waals surface area (Å²) in [5.41, 5.74) is 0.818. The second-order valence-corrected chi connectivity index (χ2v) is 7.81. The first kappa shape index (κ1) is 21.6. The lowest BCUT2D eigenvalue weighted by Gasteiger charge is -2.28. The Kier molecular flexibility index (Phi) is 8.48. The molecule has 4 nitrogen and oxygen atoms in total. The number of rotatable bonds is 8. The molecule has 144 valence electrons. The summed E-state index contributed by atoms with van der Waals surface area (Å²) in [6.45, 7) is 4.37. The van der Waals surface area contributed by atoms with Crippen molar-refractivity contribution in [2.75, 3.05) is 12.3 Å². The molecule has 0 saturated carbocycles.